The van der Waals surface area contributed by atoms with Crippen LogP contribution in [-0.2, 0) is 26.2 Å². The molecule has 2 spiro atoms. The molecule has 1 fully saturated rings. The van der Waals surface area contributed by atoms with Crippen molar-refractivity contribution in [2.24, 2.45) is 16.1 Å². The highest BCUT2D eigenvalue weighted by molar-refractivity contribution is 5.75. The summed E-state index contributed by atoms with van der Waals surface area (Å²) in [4.78, 5) is 21.6. The Morgan fingerprint density at radius 2 is 1.93 bits per heavy atom. The van der Waals surface area contributed by atoms with Gasteiger partial charge in [0.2, 0.25) is 0 Å². The summed E-state index contributed by atoms with van der Waals surface area (Å²) in [7, 11) is 1.81. The van der Waals surface area contributed by atoms with Crippen LogP contribution in [0.4, 0.5) is 0 Å². The number of aromatic nitrogens is 2. The van der Waals surface area contributed by atoms with Crippen LogP contribution in [0.2, 0.25) is 0 Å². The van der Waals surface area contributed by atoms with E-state index in [4.69, 9.17) is 30.1 Å². The number of benzene rings is 1. The molecule has 1 atom stereocenters. The number of carboxylic acid groups (broad SMARTS) is 1. The standard InChI is InChI=1S/C21H24N4O2.CH2O2/c1-26-17-4-6-20(7-5-17)9-15-3-2-14(16-10-23-13-24-11-16)8-18(15)21(20)12-27-19(22)25-21;2-1-3/h2-3,8,10-11,13,17H,4-7,9,12H2,1H3,(H2,22,25);1H,(H,2,3)/t17-,20-,21-;/m0./s1. The van der Waals surface area contributed by atoms with Crippen LogP contribution >= 0.6 is 0 Å². The van der Waals surface area contributed by atoms with E-state index in [-0.39, 0.29) is 11.9 Å². The average molecular weight is 410 g/mol. The fourth-order valence-corrected chi connectivity index (χ4v) is 5.35. The van der Waals surface area contributed by atoms with Gasteiger partial charge in [0, 0.05) is 30.5 Å². The van der Waals surface area contributed by atoms with Crippen molar-refractivity contribution in [3.63, 3.8) is 0 Å². The Hall–Kier alpha value is -3.00. The zero-order chi connectivity index (χ0) is 21.2. The largest absolute Gasteiger partial charge is 0.483 e. The number of methoxy groups -OCH3 is 1. The van der Waals surface area contributed by atoms with E-state index in [1.807, 2.05) is 19.5 Å². The Balaban J connectivity index is 0.000000687. The first-order chi connectivity index (χ1) is 14.6. The third-order valence-corrected chi connectivity index (χ3v) is 6.81. The van der Waals surface area contributed by atoms with E-state index >= 15 is 0 Å². The summed E-state index contributed by atoms with van der Waals surface area (Å²) in [6.07, 6.45) is 10.9. The Morgan fingerprint density at radius 3 is 2.53 bits per heavy atom. The maximum atomic E-state index is 8.36. The van der Waals surface area contributed by atoms with Crippen molar-refractivity contribution in [1.82, 2.24) is 9.97 Å². The van der Waals surface area contributed by atoms with Crippen molar-refractivity contribution in [1.29, 1.82) is 0 Å². The van der Waals surface area contributed by atoms with Crippen molar-refractivity contribution in [3.8, 4) is 11.1 Å². The maximum absolute atomic E-state index is 8.36. The van der Waals surface area contributed by atoms with Crippen LogP contribution in [0.1, 0.15) is 36.8 Å². The molecule has 0 unspecified atom stereocenters. The lowest BCUT2D eigenvalue weighted by Crippen LogP contribution is -2.46. The number of aliphatic imine (C=N–C) groups is 1. The molecule has 30 heavy (non-hydrogen) atoms. The van der Waals surface area contributed by atoms with E-state index < -0.39 is 5.54 Å². The quantitative estimate of drug-likeness (QED) is 0.730. The smallest absolute Gasteiger partial charge is 0.290 e. The molecule has 1 aromatic heterocycles. The summed E-state index contributed by atoms with van der Waals surface area (Å²) in [6, 6.07) is 6.95. The molecule has 1 aromatic carbocycles. The molecule has 0 bridgehead atoms. The number of hydrogen-bond acceptors (Lipinski definition) is 7. The molecule has 158 valence electrons. The number of ether oxygens (including phenoxy) is 2. The molecule has 2 heterocycles. The fourth-order valence-electron chi connectivity index (χ4n) is 5.35. The first-order valence-corrected chi connectivity index (χ1v) is 10.0. The third-order valence-electron chi connectivity index (χ3n) is 6.81. The second-order valence-electron chi connectivity index (χ2n) is 8.10. The normalized spacial score (nSPS) is 29.0. The minimum absolute atomic E-state index is 0.0529. The Bertz CT molecular complexity index is 941. The van der Waals surface area contributed by atoms with Gasteiger partial charge in [-0.05, 0) is 54.9 Å². The summed E-state index contributed by atoms with van der Waals surface area (Å²) in [5.41, 5.74) is 10.4. The predicted octanol–water partition coefficient (Wildman–Crippen LogP) is 2.52. The highest BCUT2D eigenvalue weighted by atomic mass is 16.5. The summed E-state index contributed by atoms with van der Waals surface area (Å²) < 4.78 is 11.4. The summed E-state index contributed by atoms with van der Waals surface area (Å²) in [5, 5.41) is 6.89. The Labute approximate surface area is 175 Å². The fraction of sp³-hybridized carbons (Fsp3) is 0.455. The molecule has 3 N–H and O–H groups in total. The highest BCUT2D eigenvalue weighted by Crippen LogP contribution is 2.61. The lowest BCUT2D eigenvalue weighted by molar-refractivity contribution is -0.122. The van der Waals surface area contributed by atoms with Crippen molar-refractivity contribution in [3.05, 3.63) is 48.0 Å². The number of amidine groups is 1. The van der Waals surface area contributed by atoms with Gasteiger partial charge in [0.25, 0.3) is 12.5 Å². The number of carbonyl (C=O) groups is 1. The van der Waals surface area contributed by atoms with Crippen molar-refractivity contribution >= 4 is 12.5 Å². The van der Waals surface area contributed by atoms with Gasteiger partial charge in [0.1, 0.15) is 18.5 Å². The summed E-state index contributed by atoms with van der Waals surface area (Å²) >= 11 is 0. The molecular weight excluding hydrogens is 384 g/mol. The van der Waals surface area contributed by atoms with Gasteiger partial charge in [-0.1, -0.05) is 12.1 Å². The van der Waals surface area contributed by atoms with Crippen molar-refractivity contribution in [2.45, 2.75) is 43.7 Å². The van der Waals surface area contributed by atoms with Crippen LogP contribution < -0.4 is 5.73 Å². The molecule has 2 aliphatic carbocycles. The molecule has 2 aromatic rings. The zero-order valence-corrected chi connectivity index (χ0v) is 17.0. The zero-order valence-electron chi connectivity index (χ0n) is 17.0. The van der Waals surface area contributed by atoms with Gasteiger partial charge in [0.15, 0.2) is 0 Å². The van der Waals surface area contributed by atoms with E-state index in [0.29, 0.717) is 18.7 Å². The molecule has 5 rings (SSSR count). The van der Waals surface area contributed by atoms with Crippen LogP contribution in [0, 0.1) is 5.41 Å². The molecule has 0 radical (unpaired) electrons. The number of fused-ring (bicyclic) bond motifs is 3. The van der Waals surface area contributed by atoms with Crippen LogP contribution in [0.25, 0.3) is 11.1 Å². The first kappa shape index (κ1) is 20.3. The van der Waals surface area contributed by atoms with Gasteiger partial charge < -0.3 is 20.3 Å². The maximum Gasteiger partial charge on any atom is 0.290 e. The third kappa shape index (κ3) is 3.21. The van der Waals surface area contributed by atoms with Crippen LogP contribution in [0.15, 0.2) is 41.9 Å². The molecule has 1 saturated carbocycles. The van der Waals surface area contributed by atoms with Crippen molar-refractivity contribution in [2.75, 3.05) is 13.7 Å². The predicted molar refractivity (Wildman–Crippen MR) is 111 cm³/mol. The average Bonchev–Trinajstić information content (AvgIpc) is 3.29. The Kier molecular flexibility index (Phi) is 5.42. The molecule has 0 amide bonds. The van der Waals surface area contributed by atoms with Gasteiger partial charge in [-0.25, -0.2) is 15.0 Å². The minimum Gasteiger partial charge on any atom is -0.483 e. The van der Waals surface area contributed by atoms with E-state index in [2.05, 4.69) is 28.2 Å². The van der Waals surface area contributed by atoms with Crippen LogP contribution in [-0.4, -0.2) is 47.4 Å². The molecular formula is C22H26N4O4. The SMILES string of the molecule is CO[C@H]1CC[C@]2(CC1)Cc1ccc(-c3cncnc3)cc1[C@@]21COC(N)=N1.O=CO. The number of hydrogen-bond donors (Lipinski definition) is 2. The van der Waals surface area contributed by atoms with Gasteiger partial charge >= 0.3 is 0 Å². The molecule has 8 nitrogen and oxygen atoms in total. The molecule has 0 saturated heterocycles. The lowest BCUT2D eigenvalue weighted by atomic mass is 9.62. The monoisotopic (exact) mass is 410 g/mol. The number of nitrogens with zero attached hydrogens (tertiary/aromatic N) is 3. The van der Waals surface area contributed by atoms with Crippen LogP contribution in [0.3, 0.4) is 0 Å². The molecule has 3 aliphatic rings. The topological polar surface area (TPSA) is 120 Å². The van der Waals surface area contributed by atoms with E-state index in [9.17, 15) is 0 Å². The van der Waals surface area contributed by atoms with Crippen molar-refractivity contribution < 1.29 is 19.4 Å². The first-order valence-electron chi connectivity index (χ1n) is 10.0. The molecule has 8 heteroatoms. The highest BCUT2D eigenvalue weighted by Gasteiger charge is 2.61. The minimum atomic E-state index is -0.392. The van der Waals surface area contributed by atoms with Gasteiger partial charge in [0.05, 0.1) is 6.10 Å². The second kappa shape index (κ2) is 8.02. The summed E-state index contributed by atoms with van der Waals surface area (Å²) in [5.74, 6) is 0. The van der Waals surface area contributed by atoms with Gasteiger partial charge in [-0.15, -0.1) is 0 Å². The number of rotatable bonds is 2. The second-order valence-corrected chi connectivity index (χ2v) is 8.10. The van der Waals surface area contributed by atoms with E-state index in [0.717, 1.165) is 43.2 Å². The lowest BCUT2D eigenvalue weighted by Gasteiger charge is -2.45. The Morgan fingerprint density at radius 1 is 1.23 bits per heavy atom. The molecule has 1 aliphatic heterocycles. The van der Waals surface area contributed by atoms with E-state index in [1.54, 1.807) is 6.33 Å². The number of nitrogens with two attached hydrogens (primary N) is 1. The van der Waals surface area contributed by atoms with E-state index in [1.165, 1.54) is 11.1 Å². The summed E-state index contributed by atoms with van der Waals surface area (Å²) in [6.45, 7) is 0.276. The van der Waals surface area contributed by atoms with Gasteiger partial charge in [-0.2, -0.15) is 0 Å². The van der Waals surface area contributed by atoms with Gasteiger partial charge in [-0.3, -0.25) is 4.79 Å². The van der Waals surface area contributed by atoms with Crippen LogP contribution in [0.5, 0.6) is 0 Å².